The standard InChI is InChI=1S/C13H22N2O5/c1-2-13(5-3-4-6-13)9-14-12(20)15(7-10(16)17)8-11(18)19/h2-9H2,1H3,(H,14,20)(H,16,17)(H,18,19). The summed E-state index contributed by atoms with van der Waals surface area (Å²) in [6.45, 7) is 1.32. The molecule has 7 heteroatoms. The molecule has 2 amide bonds. The van der Waals surface area contributed by atoms with Crippen molar-refractivity contribution in [2.45, 2.75) is 39.0 Å². The maximum Gasteiger partial charge on any atom is 0.323 e. The number of carboxylic acids is 2. The van der Waals surface area contributed by atoms with Crippen LogP contribution in [0.1, 0.15) is 39.0 Å². The van der Waals surface area contributed by atoms with Gasteiger partial charge in [-0.15, -0.1) is 0 Å². The van der Waals surface area contributed by atoms with Gasteiger partial charge in [0.1, 0.15) is 13.1 Å². The van der Waals surface area contributed by atoms with Gasteiger partial charge in [-0.1, -0.05) is 19.8 Å². The molecule has 0 aromatic heterocycles. The number of hydrogen-bond donors (Lipinski definition) is 3. The number of nitrogens with one attached hydrogen (secondary N) is 1. The van der Waals surface area contributed by atoms with Crippen LogP contribution in [0, 0.1) is 5.41 Å². The highest BCUT2D eigenvalue weighted by atomic mass is 16.4. The summed E-state index contributed by atoms with van der Waals surface area (Å²) in [5.41, 5.74) is 0.0772. The highest BCUT2D eigenvalue weighted by Crippen LogP contribution is 2.40. The van der Waals surface area contributed by atoms with E-state index in [0.29, 0.717) is 6.54 Å². The van der Waals surface area contributed by atoms with Gasteiger partial charge in [0.2, 0.25) is 0 Å². The fourth-order valence-corrected chi connectivity index (χ4v) is 2.68. The number of carboxylic acid groups (broad SMARTS) is 2. The van der Waals surface area contributed by atoms with Gasteiger partial charge in [-0.2, -0.15) is 0 Å². The average Bonchev–Trinajstić information content (AvgIpc) is 2.83. The van der Waals surface area contributed by atoms with Crippen LogP contribution in [-0.2, 0) is 9.59 Å². The van der Waals surface area contributed by atoms with Crippen molar-refractivity contribution in [3.05, 3.63) is 0 Å². The molecule has 0 radical (unpaired) electrons. The van der Waals surface area contributed by atoms with Crippen LogP contribution in [0.25, 0.3) is 0 Å². The van der Waals surface area contributed by atoms with Gasteiger partial charge in [0.05, 0.1) is 0 Å². The summed E-state index contributed by atoms with van der Waals surface area (Å²) in [7, 11) is 0. The molecule has 0 aromatic rings. The van der Waals surface area contributed by atoms with Crippen LogP contribution in [0.3, 0.4) is 0 Å². The Kier molecular flexibility index (Phi) is 5.79. The second kappa shape index (κ2) is 7.12. The van der Waals surface area contributed by atoms with Crippen molar-refractivity contribution in [2.75, 3.05) is 19.6 Å². The van der Waals surface area contributed by atoms with Crippen molar-refractivity contribution in [1.82, 2.24) is 10.2 Å². The van der Waals surface area contributed by atoms with Crippen molar-refractivity contribution >= 4 is 18.0 Å². The van der Waals surface area contributed by atoms with Gasteiger partial charge in [-0.05, 0) is 24.7 Å². The molecule has 3 N–H and O–H groups in total. The van der Waals surface area contributed by atoms with Crippen molar-refractivity contribution < 1.29 is 24.6 Å². The number of aliphatic carboxylic acids is 2. The Morgan fingerprint density at radius 3 is 2.00 bits per heavy atom. The SMILES string of the molecule is CCC1(CNC(=O)N(CC(=O)O)CC(=O)O)CCCC1. The van der Waals surface area contributed by atoms with Gasteiger partial charge in [-0.25, -0.2) is 4.79 Å². The Bertz CT molecular complexity index is 361. The zero-order valence-corrected chi connectivity index (χ0v) is 11.7. The van der Waals surface area contributed by atoms with Gasteiger partial charge in [0.15, 0.2) is 0 Å². The van der Waals surface area contributed by atoms with Crippen LogP contribution in [0.5, 0.6) is 0 Å². The van der Waals surface area contributed by atoms with E-state index in [4.69, 9.17) is 10.2 Å². The Morgan fingerprint density at radius 2 is 1.60 bits per heavy atom. The predicted octanol–water partition coefficient (Wildman–Crippen LogP) is 1.14. The van der Waals surface area contributed by atoms with E-state index in [0.717, 1.165) is 37.0 Å². The highest BCUT2D eigenvalue weighted by molar-refractivity contribution is 5.84. The van der Waals surface area contributed by atoms with Crippen LogP contribution < -0.4 is 5.32 Å². The molecule has 1 saturated carbocycles. The van der Waals surface area contributed by atoms with E-state index in [9.17, 15) is 14.4 Å². The molecule has 0 atom stereocenters. The van der Waals surface area contributed by atoms with Gasteiger partial charge < -0.3 is 20.4 Å². The number of carbonyl (C=O) groups is 3. The minimum absolute atomic E-state index is 0.0772. The Hall–Kier alpha value is -1.79. The van der Waals surface area contributed by atoms with Gasteiger partial charge in [-0.3, -0.25) is 9.59 Å². The van der Waals surface area contributed by atoms with Crippen LogP contribution in [-0.4, -0.2) is 52.7 Å². The Balaban J connectivity index is 2.56. The van der Waals surface area contributed by atoms with E-state index in [2.05, 4.69) is 12.2 Å². The largest absolute Gasteiger partial charge is 0.480 e. The van der Waals surface area contributed by atoms with E-state index >= 15 is 0 Å². The van der Waals surface area contributed by atoms with E-state index in [1.54, 1.807) is 0 Å². The molecule has 0 heterocycles. The Labute approximate surface area is 117 Å². The smallest absolute Gasteiger partial charge is 0.323 e. The zero-order valence-electron chi connectivity index (χ0n) is 11.7. The van der Waals surface area contributed by atoms with E-state index < -0.39 is 31.1 Å². The van der Waals surface area contributed by atoms with Crippen molar-refractivity contribution in [2.24, 2.45) is 5.41 Å². The minimum atomic E-state index is -1.23. The summed E-state index contributed by atoms with van der Waals surface area (Å²) in [5, 5.41) is 20.1. The molecule has 7 nitrogen and oxygen atoms in total. The monoisotopic (exact) mass is 286 g/mol. The van der Waals surface area contributed by atoms with Gasteiger partial charge >= 0.3 is 18.0 Å². The zero-order chi connectivity index (χ0) is 15.2. The van der Waals surface area contributed by atoms with Gasteiger partial charge in [0, 0.05) is 6.54 Å². The first kappa shape index (κ1) is 16.3. The molecule has 1 fully saturated rings. The molecule has 0 unspecified atom stereocenters. The summed E-state index contributed by atoms with van der Waals surface area (Å²) in [6, 6.07) is -0.630. The topological polar surface area (TPSA) is 107 Å². The fraction of sp³-hybridized carbons (Fsp3) is 0.769. The van der Waals surface area contributed by atoms with Crippen LogP contribution >= 0.6 is 0 Å². The lowest BCUT2D eigenvalue weighted by Crippen LogP contribution is -2.47. The van der Waals surface area contributed by atoms with Crippen molar-refractivity contribution in [3.8, 4) is 0 Å². The lowest BCUT2D eigenvalue weighted by molar-refractivity contribution is -0.140. The average molecular weight is 286 g/mol. The highest BCUT2D eigenvalue weighted by Gasteiger charge is 2.33. The third-order valence-electron chi connectivity index (χ3n) is 3.97. The molecule has 20 heavy (non-hydrogen) atoms. The second-order valence-corrected chi connectivity index (χ2v) is 5.36. The molecule has 1 aliphatic rings. The number of urea groups is 1. The molecule has 0 aromatic carbocycles. The molecule has 0 spiro atoms. The lowest BCUT2D eigenvalue weighted by atomic mass is 9.83. The van der Waals surface area contributed by atoms with Crippen LogP contribution in [0.4, 0.5) is 4.79 Å². The first-order chi connectivity index (χ1) is 9.38. The fourth-order valence-electron chi connectivity index (χ4n) is 2.68. The maximum atomic E-state index is 11.9. The first-order valence-electron chi connectivity index (χ1n) is 6.85. The molecule has 1 rings (SSSR count). The summed E-state index contributed by atoms with van der Waals surface area (Å²) in [5.74, 6) is -2.46. The Morgan fingerprint density at radius 1 is 1.10 bits per heavy atom. The number of amides is 2. The van der Waals surface area contributed by atoms with E-state index in [-0.39, 0.29) is 5.41 Å². The summed E-state index contributed by atoms with van der Waals surface area (Å²) < 4.78 is 0. The lowest BCUT2D eigenvalue weighted by Gasteiger charge is -2.29. The quantitative estimate of drug-likeness (QED) is 0.650. The molecule has 1 aliphatic carbocycles. The molecular formula is C13H22N2O5. The van der Waals surface area contributed by atoms with Gasteiger partial charge in [0.25, 0.3) is 0 Å². The minimum Gasteiger partial charge on any atom is -0.480 e. The molecule has 0 bridgehead atoms. The van der Waals surface area contributed by atoms with E-state index in [1.807, 2.05) is 0 Å². The van der Waals surface area contributed by atoms with Crippen LogP contribution in [0.2, 0.25) is 0 Å². The molecule has 114 valence electrons. The number of hydrogen-bond acceptors (Lipinski definition) is 3. The normalized spacial score (nSPS) is 16.6. The van der Waals surface area contributed by atoms with Crippen molar-refractivity contribution in [3.63, 3.8) is 0 Å². The number of nitrogens with zero attached hydrogens (tertiary/aromatic N) is 1. The second-order valence-electron chi connectivity index (χ2n) is 5.36. The summed E-state index contributed by atoms with van der Waals surface area (Å²) in [4.78, 5) is 34.0. The van der Waals surface area contributed by atoms with Crippen molar-refractivity contribution in [1.29, 1.82) is 0 Å². The summed E-state index contributed by atoms with van der Waals surface area (Å²) >= 11 is 0. The molecule has 0 saturated heterocycles. The summed E-state index contributed by atoms with van der Waals surface area (Å²) in [6.07, 6.45) is 5.31. The predicted molar refractivity (Wildman–Crippen MR) is 71.4 cm³/mol. The van der Waals surface area contributed by atoms with Crippen LogP contribution in [0.15, 0.2) is 0 Å². The number of rotatable bonds is 7. The maximum absolute atomic E-state index is 11.9. The first-order valence-corrected chi connectivity index (χ1v) is 6.85. The third kappa shape index (κ3) is 4.71. The molecule has 0 aliphatic heterocycles. The van der Waals surface area contributed by atoms with E-state index in [1.165, 1.54) is 0 Å². The molecular weight excluding hydrogens is 264 g/mol. The number of carbonyl (C=O) groups excluding carboxylic acids is 1. The third-order valence-corrected chi connectivity index (χ3v) is 3.97.